The van der Waals surface area contributed by atoms with E-state index in [1.54, 1.807) is 19.2 Å². The van der Waals surface area contributed by atoms with Crippen molar-refractivity contribution in [2.75, 3.05) is 20.2 Å². The number of nitrogens with one attached hydrogen (secondary N) is 2. The lowest BCUT2D eigenvalue weighted by molar-refractivity contribution is -0.384. The minimum Gasteiger partial charge on any atom is -0.376 e. The van der Waals surface area contributed by atoms with Gasteiger partial charge in [0.1, 0.15) is 5.82 Å². The number of aromatic nitrogens is 2. The number of hydrogen-bond donors (Lipinski definition) is 2. The fourth-order valence-corrected chi connectivity index (χ4v) is 3.08. The molecule has 1 aromatic carbocycles. The second-order valence-electron chi connectivity index (χ2n) is 6.64. The number of benzene rings is 1. The SMILES string of the molecule is Cc1[nH]c(CN(C)C(=O)NC[C@H]2CCCO2)nc1-c1cccc([N+](=O)[O-])c1. The topological polar surface area (TPSA) is 113 Å². The molecule has 2 amide bonds. The number of hydrogen-bond acceptors (Lipinski definition) is 5. The summed E-state index contributed by atoms with van der Waals surface area (Å²) >= 11 is 0. The smallest absolute Gasteiger partial charge is 0.317 e. The Morgan fingerprint density at radius 1 is 1.52 bits per heavy atom. The van der Waals surface area contributed by atoms with Gasteiger partial charge >= 0.3 is 6.03 Å². The van der Waals surface area contributed by atoms with Crippen molar-refractivity contribution in [3.05, 3.63) is 45.9 Å². The van der Waals surface area contributed by atoms with E-state index in [-0.39, 0.29) is 17.8 Å². The van der Waals surface area contributed by atoms with Crippen molar-refractivity contribution in [3.8, 4) is 11.3 Å². The molecule has 0 aliphatic carbocycles. The summed E-state index contributed by atoms with van der Waals surface area (Å²) in [4.78, 5) is 32.0. The van der Waals surface area contributed by atoms with Crippen LogP contribution in [0.5, 0.6) is 0 Å². The highest BCUT2D eigenvalue weighted by molar-refractivity contribution is 5.73. The van der Waals surface area contributed by atoms with Gasteiger partial charge in [-0.2, -0.15) is 0 Å². The van der Waals surface area contributed by atoms with Gasteiger partial charge < -0.3 is 19.9 Å². The van der Waals surface area contributed by atoms with Gasteiger partial charge in [0.25, 0.3) is 5.69 Å². The molecule has 3 rings (SSSR count). The summed E-state index contributed by atoms with van der Waals surface area (Å²) in [5.74, 6) is 0.615. The van der Waals surface area contributed by atoms with E-state index in [0.717, 1.165) is 25.1 Å². The van der Waals surface area contributed by atoms with Gasteiger partial charge in [-0.1, -0.05) is 12.1 Å². The van der Waals surface area contributed by atoms with Crippen LogP contribution in [0.25, 0.3) is 11.3 Å². The van der Waals surface area contributed by atoms with E-state index >= 15 is 0 Å². The zero-order valence-corrected chi connectivity index (χ0v) is 15.4. The molecule has 0 saturated carbocycles. The number of urea groups is 1. The summed E-state index contributed by atoms with van der Waals surface area (Å²) in [6.45, 7) is 3.40. The van der Waals surface area contributed by atoms with Crippen molar-refractivity contribution in [2.24, 2.45) is 0 Å². The van der Waals surface area contributed by atoms with Crippen molar-refractivity contribution in [1.82, 2.24) is 20.2 Å². The average molecular weight is 373 g/mol. The Kier molecular flexibility index (Phi) is 5.70. The fraction of sp³-hybridized carbons (Fsp3) is 0.444. The van der Waals surface area contributed by atoms with E-state index in [0.29, 0.717) is 30.2 Å². The largest absolute Gasteiger partial charge is 0.376 e. The lowest BCUT2D eigenvalue weighted by Crippen LogP contribution is -2.40. The molecule has 1 aromatic heterocycles. The van der Waals surface area contributed by atoms with Gasteiger partial charge in [0, 0.05) is 43.6 Å². The number of imidazole rings is 1. The molecule has 9 nitrogen and oxygen atoms in total. The first-order valence-electron chi connectivity index (χ1n) is 8.85. The van der Waals surface area contributed by atoms with E-state index in [4.69, 9.17) is 4.74 Å². The molecule has 27 heavy (non-hydrogen) atoms. The van der Waals surface area contributed by atoms with Crippen LogP contribution in [0.2, 0.25) is 0 Å². The van der Waals surface area contributed by atoms with Crippen LogP contribution in [0.1, 0.15) is 24.4 Å². The fourth-order valence-electron chi connectivity index (χ4n) is 3.08. The first kappa shape index (κ1) is 18.8. The molecule has 0 radical (unpaired) electrons. The van der Waals surface area contributed by atoms with Crippen LogP contribution in [-0.4, -0.2) is 52.1 Å². The van der Waals surface area contributed by atoms with Gasteiger partial charge in [0.05, 0.1) is 23.3 Å². The summed E-state index contributed by atoms with van der Waals surface area (Å²) in [7, 11) is 1.69. The van der Waals surface area contributed by atoms with Crippen molar-refractivity contribution < 1.29 is 14.5 Å². The zero-order chi connectivity index (χ0) is 19.4. The summed E-state index contributed by atoms with van der Waals surface area (Å²) < 4.78 is 5.50. The molecule has 9 heteroatoms. The van der Waals surface area contributed by atoms with Crippen LogP contribution >= 0.6 is 0 Å². The Labute approximate surface area is 156 Å². The number of ether oxygens (including phenoxy) is 1. The van der Waals surface area contributed by atoms with E-state index < -0.39 is 4.92 Å². The average Bonchev–Trinajstić information content (AvgIpc) is 3.29. The molecule has 1 fully saturated rings. The molecule has 1 aliphatic heterocycles. The molecule has 144 valence electrons. The summed E-state index contributed by atoms with van der Waals surface area (Å²) in [6.07, 6.45) is 2.09. The van der Waals surface area contributed by atoms with Crippen LogP contribution in [0.15, 0.2) is 24.3 Å². The number of aryl methyl sites for hydroxylation is 1. The Balaban J connectivity index is 1.64. The first-order chi connectivity index (χ1) is 12.9. The number of H-pyrrole nitrogens is 1. The number of nitro benzene ring substituents is 1. The molecule has 1 atom stereocenters. The third kappa shape index (κ3) is 4.62. The van der Waals surface area contributed by atoms with Gasteiger partial charge in [-0.3, -0.25) is 10.1 Å². The lowest BCUT2D eigenvalue weighted by Gasteiger charge is -2.18. The quantitative estimate of drug-likeness (QED) is 0.597. The molecule has 2 heterocycles. The Hall–Kier alpha value is -2.94. The van der Waals surface area contributed by atoms with Crippen LogP contribution in [0, 0.1) is 17.0 Å². The Morgan fingerprint density at radius 3 is 3.04 bits per heavy atom. The van der Waals surface area contributed by atoms with Gasteiger partial charge in [-0.05, 0) is 19.8 Å². The molecule has 1 aliphatic rings. The highest BCUT2D eigenvalue weighted by Crippen LogP contribution is 2.25. The molecule has 0 bridgehead atoms. The summed E-state index contributed by atoms with van der Waals surface area (Å²) in [6, 6.07) is 6.14. The number of nitro groups is 1. The van der Waals surface area contributed by atoms with Crippen molar-refractivity contribution in [1.29, 1.82) is 0 Å². The Morgan fingerprint density at radius 2 is 2.33 bits per heavy atom. The van der Waals surface area contributed by atoms with Crippen LogP contribution < -0.4 is 5.32 Å². The van der Waals surface area contributed by atoms with Gasteiger partial charge in [-0.25, -0.2) is 9.78 Å². The minimum atomic E-state index is -0.432. The molecule has 1 saturated heterocycles. The second kappa shape index (κ2) is 8.17. The van der Waals surface area contributed by atoms with E-state index in [2.05, 4.69) is 15.3 Å². The summed E-state index contributed by atoms with van der Waals surface area (Å²) in [5, 5.41) is 13.8. The van der Waals surface area contributed by atoms with Gasteiger partial charge in [0.15, 0.2) is 0 Å². The minimum absolute atomic E-state index is 0.0158. The van der Waals surface area contributed by atoms with Crippen molar-refractivity contribution in [2.45, 2.75) is 32.4 Å². The highest BCUT2D eigenvalue weighted by atomic mass is 16.6. The van der Waals surface area contributed by atoms with Crippen LogP contribution in [-0.2, 0) is 11.3 Å². The molecular weight excluding hydrogens is 350 g/mol. The van der Waals surface area contributed by atoms with E-state index in [1.807, 2.05) is 6.92 Å². The lowest BCUT2D eigenvalue weighted by atomic mass is 10.1. The Bertz CT molecular complexity index is 829. The molecule has 2 aromatic rings. The number of carbonyl (C=O) groups excluding carboxylic acids is 1. The molecular formula is C18H23N5O4. The van der Waals surface area contributed by atoms with Crippen LogP contribution in [0.3, 0.4) is 0 Å². The van der Waals surface area contributed by atoms with Gasteiger partial charge in [0.2, 0.25) is 0 Å². The normalized spacial score (nSPS) is 16.3. The maximum Gasteiger partial charge on any atom is 0.317 e. The summed E-state index contributed by atoms with van der Waals surface area (Å²) in [5.41, 5.74) is 2.11. The molecule has 0 spiro atoms. The predicted molar refractivity (Wildman–Crippen MR) is 99.3 cm³/mol. The number of aromatic amines is 1. The molecule has 2 N–H and O–H groups in total. The third-order valence-corrected chi connectivity index (χ3v) is 4.50. The number of rotatable bonds is 6. The maximum atomic E-state index is 12.2. The zero-order valence-electron chi connectivity index (χ0n) is 15.4. The third-order valence-electron chi connectivity index (χ3n) is 4.50. The maximum absolute atomic E-state index is 12.2. The predicted octanol–water partition coefficient (Wildman–Crippen LogP) is 2.61. The monoisotopic (exact) mass is 373 g/mol. The van der Waals surface area contributed by atoms with Crippen molar-refractivity contribution >= 4 is 11.7 Å². The number of carbonyl (C=O) groups is 1. The number of nitrogens with zero attached hydrogens (tertiary/aromatic N) is 3. The van der Waals surface area contributed by atoms with Crippen molar-refractivity contribution in [3.63, 3.8) is 0 Å². The van der Waals surface area contributed by atoms with E-state index in [1.165, 1.54) is 17.0 Å². The second-order valence-corrected chi connectivity index (χ2v) is 6.64. The van der Waals surface area contributed by atoms with Crippen LogP contribution in [0.4, 0.5) is 10.5 Å². The molecule has 0 unspecified atom stereocenters. The first-order valence-corrected chi connectivity index (χ1v) is 8.85. The number of non-ortho nitro benzene ring substituents is 1. The van der Waals surface area contributed by atoms with Gasteiger partial charge in [-0.15, -0.1) is 0 Å². The van der Waals surface area contributed by atoms with E-state index in [9.17, 15) is 14.9 Å². The number of amides is 2. The standard InChI is InChI=1S/C18H23N5O4/c1-12-17(13-5-3-6-14(9-13)23(25)26)21-16(20-12)11-22(2)18(24)19-10-15-7-4-8-27-15/h3,5-6,9,15H,4,7-8,10-11H2,1-2H3,(H,19,24)(H,20,21)/t15-/m1/s1. The highest BCUT2D eigenvalue weighted by Gasteiger charge is 2.19.